The lowest BCUT2D eigenvalue weighted by Gasteiger charge is -2.47. The molecule has 2 atom stereocenters. The monoisotopic (exact) mass is 280 g/mol. The van der Waals surface area contributed by atoms with E-state index in [-0.39, 0.29) is 5.60 Å². The van der Waals surface area contributed by atoms with E-state index in [0.717, 1.165) is 34.7 Å². The molecule has 1 saturated carbocycles. The van der Waals surface area contributed by atoms with E-state index >= 15 is 0 Å². The Balaban J connectivity index is 2.03. The second-order valence-electron chi connectivity index (χ2n) is 6.37. The van der Waals surface area contributed by atoms with Crippen molar-refractivity contribution >= 4 is 16.6 Å². The number of Topliss-reactive ketones (excluding diaryl/α,β-unsaturated/α-hetero) is 1. The Hall–Kier alpha value is -1.67. The number of benzene rings is 2. The molecule has 0 unspecified atom stereocenters. The molecular formula is C19H20O2. The summed E-state index contributed by atoms with van der Waals surface area (Å²) >= 11 is 0. The third-order valence-corrected chi connectivity index (χ3v) is 5.47. The molecule has 0 radical (unpaired) electrons. The number of ketones is 1. The first-order chi connectivity index (χ1) is 10.3. The van der Waals surface area contributed by atoms with Crippen LogP contribution in [0, 0.1) is 5.92 Å². The molecule has 2 nitrogen and oxygen atoms in total. The summed E-state index contributed by atoms with van der Waals surface area (Å²) in [5.74, 6) is 0.638. The third kappa shape index (κ3) is 1.72. The SMILES string of the molecule is CO[C@]12CCCC[C@@H]1CC(=O)c1c2ccc2ccccc12. The Bertz CT molecular complexity index is 719. The van der Waals surface area contributed by atoms with Crippen molar-refractivity contribution < 1.29 is 9.53 Å². The van der Waals surface area contributed by atoms with Crippen molar-refractivity contribution in [1.29, 1.82) is 0 Å². The van der Waals surface area contributed by atoms with Crippen molar-refractivity contribution in [3.8, 4) is 0 Å². The van der Waals surface area contributed by atoms with Crippen LogP contribution in [0.1, 0.15) is 48.0 Å². The predicted molar refractivity (Wildman–Crippen MR) is 83.5 cm³/mol. The number of ether oxygens (including phenoxy) is 1. The minimum absolute atomic E-state index is 0.245. The van der Waals surface area contributed by atoms with Gasteiger partial charge in [0, 0.05) is 19.1 Å². The zero-order valence-corrected chi connectivity index (χ0v) is 12.4. The molecule has 4 rings (SSSR count). The average molecular weight is 280 g/mol. The summed E-state index contributed by atoms with van der Waals surface area (Å²) in [5, 5.41) is 2.23. The highest BCUT2D eigenvalue weighted by atomic mass is 16.5. The van der Waals surface area contributed by atoms with Crippen LogP contribution >= 0.6 is 0 Å². The van der Waals surface area contributed by atoms with Crippen molar-refractivity contribution in [3.63, 3.8) is 0 Å². The van der Waals surface area contributed by atoms with Crippen molar-refractivity contribution in [1.82, 2.24) is 0 Å². The van der Waals surface area contributed by atoms with E-state index in [4.69, 9.17) is 4.74 Å². The van der Waals surface area contributed by atoms with E-state index in [1.54, 1.807) is 0 Å². The molecule has 2 aliphatic carbocycles. The Kier molecular flexibility index (Phi) is 2.90. The Morgan fingerprint density at radius 3 is 2.86 bits per heavy atom. The minimum atomic E-state index is -0.245. The summed E-state index contributed by atoms with van der Waals surface area (Å²) in [4.78, 5) is 12.8. The molecule has 2 aromatic carbocycles. The first kappa shape index (κ1) is 13.0. The summed E-state index contributed by atoms with van der Waals surface area (Å²) in [5.41, 5.74) is 1.80. The molecule has 2 aliphatic rings. The normalized spacial score (nSPS) is 28.2. The van der Waals surface area contributed by atoms with Gasteiger partial charge in [-0.15, -0.1) is 0 Å². The predicted octanol–water partition coefficient (Wildman–Crippen LogP) is 4.46. The topological polar surface area (TPSA) is 26.3 Å². The maximum Gasteiger partial charge on any atom is 0.164 e. The second-order valence-corrected chi connectivity index (χ2v) is 6.37. The van der Waals surface area contributed by atoms with Crippen LogP contribution in [0.4, 0.5) is 0 Å². The van der Waals surface area contributed by atoms with E-state index in [0.29, 0.717) is 18.1 Å². The zero-order chi connectivity index (χ0) is 14.4. The van der Waals surface area contributed by atoms with E-state index < -0.39 is 0 Å². The number of methoxy groups -OCH3 is 1. The maximum atomic E-state index is 12.8. The van der Waals surface area contributed by atoms with Gasteiger partial charge in [0.1, 0.15) is 0 Å². The van der Waals surface area contributed by atoms with Crippen molar-refractivity contribution in [2.75, 3.05) is 7.11 Å². The molecule has 108 valence electrons. The van der Waals surface area contributed by atoms with Crippen LogP contribution in [0.5, 0.6) is 0 Å². The molecule has 1 fully saturated rings. The van der Waals surface area contributed by atoms with Gasteiger partial charge in [-0.3, -0.25) is 4.79 Å². The molecule has 0 aromatic heterocycles. The zero-order valence-electron chi connectivity index (χ0n) is 12.4. The lowest BCUT2D eigenvalue weighted by atomic mass is 9.63. The highest BCUT2D eigenvalue weighted by Gasteiger charge is 2.48. The minimum Gasteiger partial charge on any atom is -0.373 e. The molecule has 21 heavy (non-hydrogen) atoms. The standard InChI is InChI=1S/C19H20O2/c1-21-19-11-5-4-7-14(19)12-17(20)18-15-8-3-2-6-13(15)9-10-16(18)19/h2-3,6,8-10,14H,4-5,7,11-12H2,1H3/t14-,19-/m1/s1. The summed E-state index contributed by atoms with van der Waals surface area (Å²) < 4.78 is 6.05. The third-order valence-electron chi connectivity index (χ3n) is 5.47. The van der Waals surface area contributed by atoms with Crippen LogP contribution < -0.4 is 0 Å². The van der Waals surface area contributed by atoms with Gasteiger partial charge in [0.2, 0.25) is 0 Å². The molecule has 0 spiro atoms. The van der Waals surface area contributed by atoms with Gasteiger partial charge in [0.05, 0.1) is 5.60 Å². The molecule has 0 N–H and O–H groups in total. The number of hydrogen-bond acceptors (Lipinski definition) is 2. The van der Waals surface area contributed by atoms with Gasteiger partial charge in [0.25, 0.3) is 0 Å². The maximum absolute atomic E-state index is 12.8. The molecule has 2 aromatic rings. The van der Waals surface area contributed by atoms with Gasteiger partial charge in [-0.1, -0.05) is 49.2 Å². The fourth-order valence-corrected chi connectivity index (χ4v) is 4.47. The molecule has 0 heterocycles. The van der Waals surface area contributed by atoms with Gasteiger partial charge in [0.15, 0.2) is 5.78 Å². The second kappa shape index (κ2) is 4.67. The summed E-state index contributed by atoms with van der Waals surface area (Å²) in [7, 11) is 1.81. The number of rotatable bonds is 1. The fraction of sp³-hybridized carbons (Fsp3) is 0.421. The molecule has 0 bridgehead atoms. The van der Waals surface area contributed by atoms with E-state index in [1.165, 1.54) is 12.8 Å². The van der Waals surface area contributed by atoms with E-state index in [1.807, 2.05) is 19.2 Å². The Morgan fingerprint density at radius 1 is 1.14 bits per heavy atom. The van der Waals surface area contributed by atoms with Gasteiger partial charge in [-0.25, -0.2) is 0 Å². The number of fused-ring (bicyclic) bond motifs is 5. The highest BCUT2D eigenvalue weighted by Crippen LogP contribution is 2.51. The van der Waals surface area contributed by atoms with E-state index in [9.17, 15) is 4.79 Å². The summed E-state index contributed by atoms with van der Waals surface area (Å²) in [6, 6.07) is 12.5. The Morgan fingerprint density at radius 2 is 2.00 bits per heavy atom. The van der Waals surface area contributed by atoms with Gasteiger partial charge in [-0.2, -0.15) is 0 Å². The van der Waals surface area contributed by atoms with Gasteiger partial charge in [-0.05, 0) is 35.1 Å². The summed E-state index contributed by atoms with van der Waals surface area (Å²) in [6.45, 7) is 0. The first-order valence-electron chi connectivity index (χ1n) is 7.87. The quantitative estimate of drug-likeness (QED) is 0.771. The molecule has 0 saturated heterocycles. The van der Waals surface area contributed by atoms with Crippen LogP contribution in [-0.4, -0.2) is 12.9 Å². The molecule has 0 amide bonds. The van der Waals surface area contributed by atoms with Crippen LogP contribution in [0.15, 0.2) is 36.4 Å². The van der Waals surface area contributed by atoms with Crippen LogP contribution in [0.3, 0.4) is 0 Å². The van der Waals surface area contributed by atoms with Gasteiger partial charge >= 0.3 is 0 Å². The lowest BCUT2D eigenvalue weighted by Crippen LogP contribution is -2.45. The smallest absolute Gasteiger partial charge is 0.164 e. The van der Waals surface area contributed by atoms with Gasteiger partial charge < -0.3 is 4.74 Å². The number of carbonyl (C=O) groups excluding carboxylic acids is 1. The lowest BCUT2D eigenvalue weighted by molar-refractivity contribution is -0.0928. The first-order valence-corrected chi connectivity index (χ1v) is 7.87. The molecule has 0 aliphatic heterocycles. The Labute approximate surface area is 125 Å². The number of hydrogen-bond donors (Lipinski definition) is 0. The van der Waals surface area contributed by atoms with Crippen molar-refractivity contribution in [2.24, 2.45) is 5.92 Å². The fourth-order valence-electron chi connectivity index (χ4n) is 4.47. The van der Waals surface area contributed by atoms with E-state index in [2.05, 4.69) is 24.3 Å². The average Bonchev–Trinajstić information content (AvgIpc) is 2.54. The molecule has 2 heteroatoms. The van der Waals surface area contributed by atoms with Crippen LogP contribution in [0.25, 0.3) is 10.8 Å². The largest absolute Gasteiger partial charge is 0.373 e. The number of carbonyl (C=O) groups is 1. The van der Waals surface area contributed by atoms with Crippen molar-refractivity contribution in [3.05, 3.63) is 47.5 Å². The van der Waals surface area contributed by atoms with Crippen LogP contribution in [0.2, 0.25) is 0 Å². The molecular weight excluding hydrogens is 260 g/mol. The van der Waals surface area contributed by atoms with Crippen molar-refractivity contribution in [2.45, 2.75) is 37.7 Å². The van der Waals surface area contributed by atoms with Crippen LogP contribution in [-0.2, 0) is 10.3 Å². The summed E-state index contributed by atoms with van der Waals surface area (Å²) in [6.07, 6.45) is 5.17. The highest BCUT2D eigenvalue weighted by molar-refractivity contribution is 6.10.